The predicted molar refractivity (Wildman–Crippen MR) is 74.2 cm³/mol. The molecule has 1 N–H and O–H groups in total. The van der Waals surface area contributed by atoms with E-state index in [2.05, 4.69) is 35.1 Å². The van der Waals surface area contributed by atoms with Crippen LogP contribution in [0.2, 0.25) is 0 Å². The molecule has 3 heteroatoms. The molecule has 3 nitrogen and oxygen atoms in total. The highest BCUT2D eigenvalue weighted by Gasteiger charge is 1.95. The lowest BCUT2D eigenvalue weighted by atomic mass is 10.1. The molecule has 0 saturated heterocycles. The Labute approximate surface area is 107 Å². The lowest BCUT2D eigenvalue weighted by Gasteiger charge is -2.14. The predicted octanol–water partition coefficient (Wildman–Crippen LogP) is 3.53. The van der Waals surface area contributed by atoms with Gasteiger partial charge >= 0.3 is 5.97 Å². The standard InChI is InChI=1S/C10H20O2.C4H12N/c1-2-3-4-5-6-7-8-9-10(11)12;1-5(2,3)4/h2-9H2,1H3,(H,11,12);1-4H3/q;+1. The van der Waals surface area contributed by atoms with Crippen LogP contribution in [0, 0.1) is 0 Å². The van der Waals surface area contributed by atoms with Gasteiger partial charge in [0.2, 0.25) is 0 Å². The summed E-state index contributed by atoms with van der Waals surface area (Å²) in [6, 6.07) is 0. The maximum absolute atomic E-state index is 10.1. The first-order valence-corrected chi connectivity index (χ1v) is 6.78. The molecule has 0 bridgehead atoms. The molecule has 0 aliphatic carbocycles. The van der Waals surface area contributed by atoms with Crippen molar-refractivity contribution < 1.29 is 14.4 Å². The van der Waals surface area contributed by atoms with E-state index in [1.54, 1.807) is 0 Å². The number of aliphatic carboxylic acids is 1. The minimum absolute atomic E-state index is 0.341. The monoisotopic (exact) mass is 246 g/mol. The van der Waals surface area contributed by atoms with Crippen LogP contribution in [0.4, 0.5) is 0 Å². The van der Waals surface area contributed by atoms with E-state index in [1.165, 1.54) is 32.1 Å². The van der Waals surface area contributed by atoms with Crippen molar-refractivity contribution in [3.63, 3.8) is 0 Å². The summed E-state index contributed by atoms with van der Waals surface area (Å²) in [5.74, 6) is -0.663. The zero-order valence-electron chi connectivity index (χ0n) is 12.5. The van der Waals surface area contributed by atoms with Crippen LogP contribution in [0.3, 0.4) is 0 Å². The normalized spacial score (nSPS) is 10.6. The van der Waals surface area contributed by atoms with Crippen LogP contribution in [0.1, 0.15) is 58.3 Å². The highest BCUT2D eigenvalue weighted by atomic mass is 16.4. The Morgan fingerprint density at radius 3 is 1.59 bits per heavy atom. The highest BCUT2D eigenvalue weighted by molar-refractivity contribution is 5.66. The molecule has 0 spiro atoms. The Morgan fingerprint density at radius 1 is 0.882 bits per heavy atom. The van der Waals surface area contributed by atoms with Gasteiger partial charge in [-0.3, -0.25) is 4.79 Å². The van der Waals surface area contributed by atoms with Crippen LogP contribution in [0.25, 0.3) is 0 Å². The summed E-state index contributed by atoms with van der Waals surface area (Å²) in [6.45, 7) is 2.20. The topological polar surface area (TPSA) is 37.3 Å². The number of nitrogens with zero attached hydrogens (tertiary/aromatic N) is 1. The molecule has 0 aromatic rings. The maximum atomic E-state index is 10.1. The van der Waals surface area contributed by atoms with Gasteiger partial charge < -0.3 is 9.59 Å². The molecular formula is C14H32NO2+. The van der Waals surface area contributed by atoms with Crippen LogP contribution < -0.4 is 0 Å². The summed E-state index contributed by atoms with van der Waals surface area (Å²) >= 11 is 0. The molecule has 0 saturated carbocycles. The fourth-order valence-corrected chi connectivity index (χ4v) is 1.23. The number of hydrogen-bond donors (Lipinski definition) is 1. The smallest absolute Gasteiger partial charge is 0.303 e. The average molecular weight is 246 g/mol. The van der Waals surface area contributed by atoms with Crippen molar-refractivity contribution in [1.82, 2.24) is 0 Å². The first-order valence-electron chi connectivity index (χ1n) is 6.78. The van der Waals surface area contributed by atoms with Gasteiger partial charge in [-0.05, 0) is 6.42 Å². The summed E-state index contributed by atoms with van der Waals surface area (Å²) in [6.07, 6.45) is 8.64. The summed E-state index contributed by atoms with van der Waals surface area (Å²) in [7, 11) is 8.50. The van der Waals surface area contributed by atoms with Gasteiger partial charge in [-0.25, -0.2) is 0 Å². The van der Waals surface area contributed by atoms with E-state index >= 15 is 0 Å². The molecule has 0 fully saturated rings. The van der Waals surface area contributed by atoms with Crippen molar-refractivity contribution in [3.05, 3.63) is 0 Å². The summed E-state index contributed by atoms with van der Waals surface area (Å²) in [4.78, 5) is 10.1. The van der Waals surface area contributed by atoms with E-state index in [9.17, 15) is 4.79 Å². The SMILES string of the molecule is CCCCCCCCCC(=O)O.C[N+](C)(C)C. The number of unbranched alkanes of at least 4 members (excludes halogenated alkanes) is 6. The quantitative estimate of drug-likeness (QED) is 0.525. The van der Waals surface area contributed by atoms with Crippen LogP contribution >= 0.6 is 0 Å². The van der Waals surface area contributed by atoms with Crippen molar-refractivity contribution in [2.45, 2.75) is 58.3 Å². The van der Waals surface area contributed by atoms with Gasteiger partial charge in [0.1, 0.15) is 0 Å². The molecule has 0 rings (SSSR count). The number of rotatable bonds is 8. The third-order valence-electron chi connectivity index (χ3n) is 1.99. The zero-order valence-corrected chi connectivity index (χ0v) is 12.5. The Morgan fingerprint density at radius 2 is 1.24 bits per heavy atom. The number of hydrogen-bond acceptors (Lipinski definition) is 1. The minimum Gasteiger partial charge on any atom is -0.481 e. The van der Waals surface area contributed by atoms with Gasteiger partial charge in [0, 0.05) is 6.42 Å². The first-order chi connectivity index (χ1) is 7.77. The van der Waals surface area contributed by atoms with E-state index < -0.39 is 5.97 Å². The fraction of sp³-hybridized carbons (Fsp3) is 0.929. The molecule has 0 radical (unpaired) electrons. The summed E-state index contributed by atoms with van der Waals surface area (Å²) in [5, 5.41) is 8.35. The van der Waals surface area contributed by atoms with Crippen molar-refractivity contribution in [2.24, 2.45) is 0 Å². The average Bonchev–Trinajstić information content (AvgIpc) is 2.13. The van der Waals surface area contributed by atoms with Gasteiger partial charge in [-0.2, -0.15) is 0 Å². The molecule has 0 aliphatic heterocycles. The molecule has 0 aromatic carbocycles. The van der Waals surface area contributed by atoms with Crippen molar-refractivity contribution in [1.29, 1.82) is 0 Å². The summed E-state index contributed by atoms with van der Waals surface area (Å²) < 4.78 is 1.00. The second-order valence-corrected chi connectivity index (χ2v) is 5.95. The molecule has 104 valence electrons. The number of carboxylic acid groups (broad SMARTS) is 1. The lowest BCUT2D eigenvalue weighted by Crippen LogP contribution is -2.27. The minimum atomic E-state index is -0.663. The number of carboxylic acids is 1. The van der Waals surface area contributed by atoms with E-state index in [4.69, 9.17) is 5.11 Å². The maximum Gasteiger partial charge on any atom is 0.303 e. The Balaban J connectivity index is 0. The first kappa shape index (κ1) is 18.8. The van der Waals surface area contributed by atoms with Gasteiger partial charge in [-0.15, -0.1) is 0 Å². The van der Waals surface area contributed by atoms with Crippen molar-refractivity contribution in [2.75, 3.05) is 28.2 Å². The Bertz CT molecular complexity index is 168. The zero-order chi connectivity index (χ0) is 13.7. The van der Waals surface area contributed by atoms with Gasteiger partial charge in [0.25, 0.3) is 0 Å². The van der Waals surface area contributed by atoms with Crippen LogP contribution in [-0.2, 0) is 4.79 Å². The van der Waals surface area contributed by atoms with Gasteiger partial charge in [0.05, 0.1) is 28.2 Å². The van der Waals surface area contributed by atoms with E-state index in [0.717, 1.165) is 17.3 Å². The molecular weight excluding hydrogens is 214 g/mol. The Hall–Kier alpha value is -0.570. The van der Waals surface area contributed by atoms with Gasteiger partial charge in [0.15, 0.2) is 0 Å². The van der Waals surface area contributed by atoms with E-state index in [0.29, 0.717) is 6.42 Å². The molecule has 0 atom stereocenters. The fourth-order valence-electron chi connectivity index (χ4n) is 1.23. The second kappa shape index (κ2) is 11.9. The van der Waals surface area contributed by atoms with Crippen LogP contribution in [0.5, 0.6) is 0 Å². The van der Waals surface area contributed by atoms with Crippen molar-refractivity contribution in [3.8, 4) is 0 Å². The van der Waals surface area contributed by atoms with Crippen molar-refractivity contribution >= 4 is 5.97 Å². The highest BCUT2D eigenvalue weighted by Crippen LogP contribution is 2.07. The Kier molecular flexibility index (Phi) is 13.2. The third kappa shape index (κ3) is 39.2. The molecule has 0 aliphatic rings. The molecule has 0 amide bonds. The lowest BCUT2D eigenvalue weighted by molar-refractivity contribution is -0.849. The molecule has 0 heterocycles. The third-order valence-corrected chi connectivity index (χ3v) is 1.99. The largest absolute Gasteiger partial charge is 0.481 e. The van der Waals surface area contributed by atoms with Crippen LogP contribution in [0.15, 0.2) is 0 Å². The molecule has 17 heavy (non-hydrogen) atoms. The van der Waals surface area contributed by atoms with Crippen LogP contribution in [-0.4, -0.2) is 43.7 Å². The summed E-state index contributed by atoms with van der Waals surface area (Å²) in [5.41, 5.74) is 0. The molecule has 0 unspecified atom stereocenters. The second-order valence-electron chi connectivity index (χ2n) is 5.95. The molecule has 0 aromatic heterocycles. The van der Waals surface area contributed by atoms with E-state index in [-0.39, 0.29) is 0 Å². The number of quaternary nitrogens is 1. The van der Waals surface area contributed by atoms with E-state index in [1.807, 2.05) is 0 Å². The van der Waals surface area contributed by atoms with Gasteiger partial charge in [-0.1, -0.05) is 45.4 Å². The number of carbonyl (C=O) groups is 1.